The minimum Gasteiger partial charge on any atom is -0.472 e. The molecule has 33 heavy (non-hydrogen) atoms. The van der Waals surface area contributed by atoms with Crippen LogP contribution in [0.3, 0.4) is 0 Å². The lowest BCUT2D eigenvalue weighted by molar-refractivity contribution is -0.149. The van der Waals surface area contributed by atoms with Gasteiger partial charge in [0.25, 0.3) is 5.91 Å². The van der Waals surface area contributed by atoms with Crippen LogP contribution in [-0.2, 0) is 23.9 Å². The second kappa shape index (κ2) is 10.8. The van der Waals surface area contributed by atoms with Gasteiger partial charge in [0.2, 0.25) is 6.04 Å². The van der Waals surface area contributed by atoms with Crippen molar-refractivity contribution >= 4 is 23.9 Å². The van der Waals surface area contributed by atoms with Crippen molar-refractivity contribution in [3.63, 3.8) is 0 Å². The molecule has 3 rings (SSSR count). The zero-order valence-electron chi connectivity index (χ0n) is 17.8. The highest BCUT2D eigenvalue weighted by atomic mass is 16.6. The largest absolute Gasteiger partial charge is 0.472 e. The first kappa shape index (κ1) is 23.3. The number of carboxylic acids is 1. The first-order valence-corrected chi connectivity index (χ1v) is 10.2. The van der Waals surface area contributed by atoms with Crippen LogP contribution in [0.25, 0.3) is 11.1 Å². The summed E-state index contributed by atoms with van der Waals surface area (Å²) in [7, 11) is 0. The maximum atomic E-state index is 12.4. The van der Waals surface area contributed by atoms with Crippen LogP contribution in [0.2, 0.25) is 0 Å². The summed E-state index contributed by atoms with van der Waals surface area (Å²) in [5.41, 5.74) is 4.16. The number of aliphatic carboxylic acids is 1. The number of ether oxygens (including phenoxy) is 2. The molecule has 1 aliphatic rings. The third-order valence-corrected chi connectivity index (χ3v) is 4.94. The van der Waals surface area contributed by atoms with Crippen molar-refractivity contribution in [2.75, 3.05) is 19.8 Å². The van der Waals surface area contributed by atoms with Crippen molar-refractivity contribution in [3.05, 3.63) is 59.7 Å². The van der Waals surface area contributed by atoms with E-state index in [0.29, 0.717) is 0 Å². The predicted octanol–water partition coefficient (Wildman–Crippen LogP) is 1.66. The number of carboxylic acid groups (broad SMARTS) is 1. The van der Waals surface area contributed by atoms with E-state index < -0.39 is 30.0 Å². The lowest BCUT2D eigenvalue weighted by Gasteiger charge is -2.18. The Kier molecular flexibility index (Phi) is 7.65. The number of carbonyl (C=O) groups excluding carboxylic acids is 3. The van der Waals surface area contributed by atoms with Gasteiger partial charge in [-0.05, 0) is 29.2 Å². The molecule has 0 radical (unpaired) electrons. The van der Waals surface area contributed by atoms with E-state index in [4.69, 9.17) is 14.6 Å². The van der Waals surface area contributed by atoms with E-state index in [1.165, 1.54) is 0 Å². The lowest BCUT2D eigenvalue weighted by atomic mass is 9.98. The minimum absolute atomic E-state index is 0.00110. The van der Waals surface area contributed by atoms with E-state index in [9.17, 15) is 19.2 Å². The monoisotopic (exact) mass is 450 g/mol. The van der Waals surface area contributed by atoms with Crippen LogP contribution in [0.5, 0.6) is 0 Å². The highest BCUT2D eigenvalue weighted by Crippen LogP contribution is 2.44. The third kappa shape index (κ3) is 5.68. The quantitative estimate of drug-likeness (QED) is 0.332. The Labute approximate surface area is 190 Å². The van der Waals surface area contributed by atoms with Crippen molar-refractivity contribution < 1.29 is 33.8 Å². The Hall–Kier alpha value is -4.32. The number of fused-ring (bicyclic) bond motifs is 3. The van der Waals surface area contributed by atoms with Crippen LogP contribution >= 0.6 is 0 Å². The smallest absolute Gasteiger partial charge is 0.408 e. The molecule has 1 unspecified atom stereocenters. The number of nitrogens with one attached hydrogen (secondary N) is 2. The number of carbonyl (C=O) groups is 4. The van der Waals surface area contributed by atoms with Crippen molar-refractivity contribution in [3.8, 4) is 23.0 Å². The van der Waals surface area contributed by atoms with Gasteiger partial charge >= 0.3 is 18.0 Å². The van der Waals surface area contributed by atoms with Crippen molar-refractivity contribution in [2.45, 2.75) is 18.9 Å². The summed E-state index contributed by atoms with van der Waals surface area (Å²) in [6.07, 6.45) is -0.971. The molecule has 0 fully saturated rings. The number of benzene rings is 2. The van der Waals surface area contributed by atoms with E-state index in [1.54, 1.807) is 6.92 Å². The van der Waals surface area contributed by atoms with Crippen LogP contribution in [0.15, 0.2) is 48.5 Å². The van der Waals surface area contributed by atoms with Gasteiger partial charge in [-0.2, -0.15) is 0 Å². The molecule has 0 saturated carbocycles. The Morgan fingerprint density at radius 3 is 2.18 bits per heavy atom. The van der Waals surface area contributed by atoms with Crippen LogP contribution < -0.4 is 10.6 Å². The fraction of sp³-hybridized carbons (Fsp3) is 0.250. The highest BCUT2D eigenvalue weighted by Gasteiger charge is 2.32. The molecule has 1 aliphatic carbocycles. The van der Waals surface area contributed by atoms with Gasteiger partial charge in [-0.15, -0.1) is 0 Å². The zero-order valence-corrected chi connectivity index (χ0v) is 17.8. The summed E-state index contributed by atoms with van der Waals surface area (Å²) >= 11 is 0. The third-order valence-electron chi connectivity index (χ3n) is 4.94. The van der Waals surface area contributed by atoms with Gasteiger partial charge in [-0.1, -0.05) is 54.5 Å². The first-order chi connectivity index (χ1) is 15.9. The number of hydrogen-bond donors (Lipinski definition) is 3. The maximum Gasteiger partial charge on any atom is 0.408 e. The summed E-state index contributed by atoms with van der Waals surface area (Å²) in [6.45, 7) is 1.22. The predicted molar refractivity (Wildman–Crippen MR) is 117 cm³/mol. The lowest BCUT2D eigenvalue weighted by Crippen LogP contribution is -2.52. The van der Waals surface area contributed by atoms with Crippen molar-refractivity contribution in [1.29, 1.82) is 0 Å². The number of esters is 1. The summed E-state index contributed by atoms with van der Waals surface area (Å²) in [6, 6.07) is 14.0. The Bertz CT molecular complexity index is 1090. The van der Waals surface area contributed by atoms with Crippen LogP contribution in [0, 0.1) is 11.8 Å². The second-order valence-corrected chi connectivity index (χ2v) is 6.98. The fourth-order valence-corrected chi connectivity index (χ4v) is 3.57. The molecule has 170 valence electrons. The number of alkyl carbamates (subject to hydrolysis) is 1. The van der Waals surface area contributed by atoms with Gasteiger partial charge in [0, 0.05) is 11.8 Å². The molecular weight excluding hydrogens is 428 g/mol. The van der Waals surface area contributed by atoms with E-state index in [1.807, 2.05) is 54.5 Å². The molecule has 1 atom stereocenters. The van der Waals surface area contributed by atoms with Gasteiger partial charge < -0.3 is 19.9 Å². The standard InChI is InChI=1S/C24H22N2O7/c1-2-32-23(30)21(22(29)25-13-7-12-20(27)28)26-24(31)33-14-19-17-10-5-3-8-15(17)16-9-4-6-11-18(16)19/h3-6,8-11,19,21H,2,13-14H2,1H3,(H,25,29)(H,26,31)(H,27,28). The molecule has 3 N–H and O–H groups in total. The molecular formula is C24H22N2O7. The van der Waals surface area contributed by atoms with Gasteiger partial charge in [0.1, 0.15) is 6.61 Å². The Balaban J connectivity index is 1.66. The van der Waals surface area contributed by atoms with Crippen molar-refractivity contribution in [2.24, 2.45) is 0 Å². The summed E-state index contributed by atoms with van der Waals surface area (Å²) in [5.74, 6) is 0.598. The van der Waals surface area contributed by atoms with Crippen molar-refractivity contribution in [1.82, 2.24) is 10.6 Å². The average Bonchev–Trinajstić information content (AvgIpc) is 3.12. The Morgan fingerprint density at radius 2 is 1.61 bits per heavy atom. The molecule has 0 aliphatic heterocycles. The van der Waals surface area contributed by atoms with Gasteiger partial charge in [0.05, 0.1) is 13.2 Å². The molecule has 0 aromatic heterocycles. The molecule has 0 heterocycles. The maximum absolute atomic E-state index is 12.4. The van der Waals surface area contributed by atoms with E-state index in [-0.39, 0.29) is 25.7 Å². The zero-order chi connectivity index (χ0) is 23.8. The fourth-order valence-electron chi connectivity index (χ4n) is 3.57. The molecule has 0 spiro atoms. The van der Waals surface area contributed by atoms with E-state index in [2.05, 4.69) is 16.6 Å². The van der Waals surface area contributed by atoms with Crippen LogP contribution in [0.4, 0.5) is 4.79 Å². The SMILES string of the molecule is CCOC(=O)C(NC(=O)OCC1c2ccccc2-c2ccccc21)C(=O)NCC#CC(=O)O. The molecule has 2 amide bonds. The number of amides is 2. The molecule has 2 aromatic rings. The Morgan fingerprint density at radius 1 is 1.00 bits per heavy atom. The molecule has 9 heteroatoms. The van der Waals surface area contributed by atoms with Gasteiger partial charge in [0.15, 0.2) is 0 Å². The molecule has 9 nitrogen and oxygen atoms in total. The molecule has 0 saturated heterocycles. The van der Waals surface area contributed by atoms with E-state index in [0.717, 1.165) is 22.3 Å². The number of hydrogen-bond acceptors (Lipinski definition) is 6. The highest BCUT2D eigenvalue weighted by molar-refractivity contribution is 6.04. The first-order valence-electron chi connectivity index (χ1n) is 10.2. The summed E-state index contributed by atoms with van der Waals surface area (Å²) in [5, 5.41) is 13.0. The van der Waals surface area contributed by atoms with Gasteiger partial charge in [-0.25, -0.2) is 14.4 Å². The van der Waals surface area contributed by atoms with Gasteiger partial charge in [-0.3, -0.25) is 10.1 Å². The molecule has 0 bridgehead atoms. The second-order valence-electron chi connectivity index (χ2n) is 6.98. The number of rotatable bonds is 7. The summed E-state index contributed by atoms with van der Waals surface area (Å²) < 4.78 is 10.2. The van der Waals surface area contributed by atoms with E-state index >= 15 is 0 Å². The topological polar surface area (TPSA) is 131 Å². The average molecular weight is 450 g/mol. The van der Waals surface area contributed by atoms with Crippen LogP contribution in [0.1, 0.15) is 24.0 Å². The molecule has 2 aromatic carbocycles. The minimum atomic E-state index is -1.67. The summed E-state index contributed by atoms with van der Waals surface area (Å²) in [4.78, 5) is 47.4. The van der Waals surface area contributed by atoms with Crippen LogP contribution in [-0.4, -0.2) is 54.8 Å². The normalized spacial score (nSPS) is 12.3.